The first-order valence-corrected chi connectivity index (χ1v) is 9.89. The number of aromatic amines is 1. The molecule has 0 radical (unpaired) electrons. The number of aliphatic hydroxyl groups excluding tert-OH is 2. The predicted octanol–water partition coefficient (Wildman–Crippen LogP) is 1.50. The number of aromatic nitrogens is 3. The van der Waals surface area contributed by atoms with E-state index < -0.39 is 24.0 Å². The van der Waals surface area contributed by atoms with Crippen molar-refractivity contribution in [2.24, 2.45) is 0 Å². The molecule has 0 amide bonds. The molecule has 3 heterocycles. The van der Waals surface area contributed by atoms with Gasteiger partial charge in [0.2, 0.25) is 0 Å². The highest BCUT2D eigenvalue weighted by molar-refractivity contribution is 5.90. The van der Waals surface area contributed by atoms with Crippen LogP contribution in [0.25, 0.3) is 21.8 Å². The van der Waals surface area contributed by atoms with Gasteiger partial charge >= 0.3 is 0 Å². The number of pyridine rings is 1. The fourth-order valence-corrected chi connectivity index (χ4v) is 4.01. The summed E-state index contributed by atoms with van der Waals surface area (Å²) in [6.45, 7) is -0.305. The zero-order valence-electron chi connectivity index (χ0n) is 16.4. The van der Waals surface area contributed by atoms with Crippen molar-refractivity contribution in [3.8, 4) is 11.8 Å². The largest absolute Gasteiger partial charge is 0.394 e. The second-order valence-electron chi connectivity index (χ2n) is 7.48. The number of fused-ring (bicyclic) bond motifs is 2. The van der Waals surface area contributed by atoms with Crippen molar-refractivity contribution in [3.05, 3.63) is 70.3 Å². The lowest BCUT2D eigenvalue weighted by Crippen LogP contribution is -2.24. The summed E-state index contributed by atoms with van der Waals surface area (Å²) in [6, 6.07) is 13.8. The molecule has 0 unspecified atom stereocenters. The van der Waals surface area contributed by atoms with Gasteiger partial charge in [-0.2, -0.15) is 0 Å². The Labute approximate surface area is 176 Å². The van der Waals surface area contributed by atoms with Gasteiger partial charge in [-0.1, -0.05) is 48.2 Å². The molecule has 0 aliphatic carbocycles. The summed E-state index contributed by atoms with van der Waals surface area (Å²) in [6.07, 6.45) is -0.403. The maximum atomic E-state index is 12.4. The Kier molecular flexibility index (Phi) is 4.71. The molecule has 5 N–H and O–H groups in total. The average Bonchev–Trinajstić information content (AvgIpc) is 3.37. The van der Waals surface area contributed by atoms with E-state index in [-0.39, 0.29) is 24.4 Å². The van der Waals surface area contributed by atoms with Crippen molar-refractivity contribution in [3.63, 3.8) is 0 Å². The SMILES string of the molecule is Nc1[nH]c(=O)c2ncn([C@H]3C[C@H](O)[C@@H](CO)O3)c2c1C#Cc1cccc2ccccc12. The normalized spacial score (nSPS) is 20.8. The number of nitrogen functional groups attached to an aromatic ring is 1. The monoisotopic (exact) mass is 416 g/mol. The topological polar surface area (TPSA) is 126 Å². The van der Waals surface area contributed by atoms with Crippen LogP contribution in [0.4, 0.5) is 5.82 Å². The van der Waals surface area contributed by atoms with Crippen LogP contribution in [0, 0.1) is 11.8 Å². The molecule has 8 nitrogen and oxygen atoms in total. The number of aliphatic hydroxyl groups is 2. The number of nitrogens with zero attached hydrogens (tertiary/aromatic N) is 2. The number of rotatable bonds is 2. The van der Waals surface area contributed by atoms with Crippen molar-refractivity contribution in [2.75, 3.05) is 12.3 Å². The number of ether oxygens (including phenoxy) is 1. The standard InChI is InChI=1S/C23H20N4O4/c24-22-16(9-8-14-6-3-5-13-4-1-2-7-15(13)14)21-20(23(30)26-22)25-12-27(21)19-10-17(29)18(11-28)31-19/h1-7,12,17-19,28-29H,10-11H2,(H3,24,26,30)/t17-,18+,19+/m0/s1. The van der Waals surface area contributed by atoms with Gasteiger partial charge in [0.15, 0.2) is 5.52 Å². The van der Waals surface area contributed by atoms with Gasteiger partial charge in [-0.25, -0.2) is 4.98 Å². The minimum absolute atomic E-state index is 0.129. The first-order chi connectivity index (χ1) is 15.1. The molecule has 0 bridgehead atoms. The third kappa shape index (κ3) is 3.25. The Hall–Kier alpha value is -3.64. The van der Waals surface area contributed by atoms with Crippen LogP contribution in [0.3, 0.4) is 0 Å². The molecule has 4 aromatic rings. The molecule has 2 aromatic heterocycles. The number of H-pyrrole nitrogens is 1. The van der Waals surface area contributed by atoms with Crippen LogP contribution in [-0.4, -0.2) is 43.6 Å². The number of hydrogen-bond acceptors (Lipinski definition) is 6. The second kappa shape index (κ2) is 7.56. The zero-order chi connectivity index (χ0) is 21.5. The van der Waals surface area contributed by atoms with Gasteiger partial charge in [0.05, 0.1) is 30.1 Å². The minimum Gasteiger partial charge on any atom is -0.394 e. The number of hydrogen-bond donors (Lipinski definition) is 4. The Morgan fingerprint density at radius 3 is 2.84 bits per heavy atom. The molecule has 1 saturated heterocycles. The maximum Gasteiger partial charge on any atom is 0.277 e. The van der Waals surface area contributed by atoms with Gasteiger partial charge in [0.1, 0.15) is 18.1 Å². The third-order valence-corrected chi connectivity index (χ3v) is 5.57. The first kappa shape index (κ1) is 19.3. The third-order valence-electron chi connectivity index (χ3n) is 5.57. The molecule has 1 fully saturated rings. The maximum absolute atomic E-state index is 12.4. The highest BCUT2D eigenvalue weighted by Crippen LogP contribution is 2.32. The number of benzene rings is 2. The highest BCUT2D eigenvalue weighted by atomic mass is 16.5. The van der Waals surface area contributed by atoms with E-state index in [2.05, 4.69) is 21.8 Å². The number of nitrogens with one attached hydrogen (secondary N) is 1. The summed E-state index contributed by atoms with van der Waals surface area (Å²) >= 11 is 0. The molecule has 1 aliphatic heterocycles. The predicted molar refractivity (Wildman–Crippen MR) is 116 cm³/mol. The zero-order valence-corrected chi connectivity index (χ0v) is 16.4. The fourth-order valence-electron chi connectivity index (χ4n) is 4.01. The van der Waals surface area contributed by atoms with Gasteiger partial charge in [-0.3, -0.25) is 4.79 Å². The Morgan fingerprint density at radius 1 is 1.23 bits per heavy atom. The summed E-state index contributed by atoms with van der Waals surface area (Å²) < 4.78 is 7.40. The van der Waals surface area contributed by atoms with E-state index in [9.17, 15) is 15.0 Å². The molecule has 5 rings (SSSR count). The number of imidazole rings is 1. The van der Waals surface area contributed by atoms with Crippen LogP contribution in [0.15, 0.2) is 53.6 Å². The van der Waals surface area contributed by atoms with Gasteiger partial charge in [-0.15, -0.1) is 0 Å². The molecular formula is C23H20N4O4. The van der Waals surface area contributed by atoms with Crippen LogP contribution < -0.4 is 11.3 Å². The smallest absolute Gasteiger partial charge is 0.277 e. The van der Waals surface area contributed by atoms with Crippen molar-refractivity contribution in [1.29, 1.82) is 0 Å². The Bertz CT molecular complexity index is 1410. The van der Waals surface area contributed by atoms with Crippen molar-refractivity contribution < 1.29 is 14.9 Å². The summed E-state index contributed by atoms with van der Waals surface area (Å²) in [5.74, 6) is 6.40. The van der Waals surface area contributed by atoms with E-state index >= 15 is 0 Å². The lowest BCUT2D eigenvalue weighted by atomic mass is 10.0. The molecule has 8 heteroatoms. The van der Waals surface area contributed by atoms with Crippen LogP contribution in [0.1, 0.15) is 23.8 Å². The van der Waals surface area contributed by atoms with E-state index in [1.807, 2.05) is 42.5 Å². The lowest BCUT2D eigenvalue weighted by molar-refractivity contribution is -0.0430. The summed E-state index contributed by atoms with van der Waals surface area (Å²) in [5, 5.41) is 21.6. The molecule has 0 spiro atoms. The molecule has 0 saturated carbocycles. The van der Waals surface area contributed by atoms with Crippen molar-refractivity contribution in [2.45, 2.75) is 24.9 Å². The fraction of sp³-hybridized carbons (Fsp3) is 0.217. The van der Waals surface area contributed by atoms with Crippen LogP contribution in [0.5, 0.6) is 0 Å². The Morgan fingerprint density at radius 2 is 2.03 bits per heavy atom. The molecule has 1 aliphatic rings. The van der Waals surface area contributed by atoms with E-state index in [0.29, 0.717) is 11.1 Å². The van der Waals surface area contributed by atoms with Gasteiger partial charge in [-0.05, 0) is 16.8 Å². The van der Waals surface area contributed by atoms with E-state index in [1.165, 1.54) is 6.33 Å². The second-order valence-corrected chi connectivity index (χ2v) is 7.48. The molecule has 156 valence electrons. The first-order valence-electron chi connectivity index (χ1n) is 9.89. The molecule has 2 aromatic carbocycles. The van der Waals surface area contributed by atoms with E-state index in [0.717, 1.165) is 16.3 Å². The molecule has 31 heavy (non-hydrogen) atoms. The average molecular weight is 416 g/mol. The summed E-state index contributed by atoms with van der Waals surface area (Å²) in [5.41, 5.74) is 7.58. The lowest BCUT2D eigenvalue weighted by Gasteiger charge is -2.15. The van der Waals surface area contributed by atoms with Crippen LogP contribution >= 0.6 is 0 Å². The van der Waals surface area contributed by atoms with Gasteiger partial charge < -0.3 is 30.2 Å². The quantitative estimate of drug-likeness (QED) is 0.367. The van der Waals surface area contributed by atoms with Crippen LogP contribution in [0.2, 0.25) is 0 Å². The Balaban J connectivity index is 1.67. The molecule has 3 atom stereocenters. The van der Waals surface area contributed by atoms with Crippen molar-refractivity contribution >= 4 is 27.6 Å². The minimum atomic E-state index is -0.822. The van der Waals surface area contributed by atoms with Gasteiger partial charge in [0, 0.05) is 12.0 Å². The number of anilines is 1. The summed E-state index contributed by atoms with van der Waals surface area (Å²) in [7, 11) is 0. The van der Waals surface area contributed by atoms with E-state index in [4.69, 9.17) is 10.5 Å². The van der Waals surface area contributed by atoms with E-state index in [1.54, 1.807) is 4.57 Å². The van der Waals surface area contributed by atoms with Crippen molar-refractivity contribution in [1.82, 2.24) is 14.5 Å². The highest BCUT2D eigenvalue weighted by Gasteiger charge is 2.35. The van der Waals surface area contributed by atoms with Crippen LogP contribution in [-0.2, 0) is 4.74 Å². The molecular weight excluding hydrogens is 396 g/mol. The summed E-state index contributed by atoms with van der Waals surface area (Å²) in [4.78, 5) is 19.2. The van der Waals surface area contributed by atoms with Gasteiger partial charge in [0.25, 0.3) is 5.56 Å². The number of nitrogens with two attached hydrogens (primary N) is 1.